The van der Waals surface area contributed by atoms with Gasteiger partial charge >= 0.3 is 0 Å². The number of halogens is 1. The highest BCUT2D eigenvalue weighted by Gasteiger charge is 2.22. The van der Waals surface area contributed by atoms with Gasteiger partial charge in [0.1, 0.15) is 11.5 Å². The number of hydrogen-bond acceptors (Lipinski definition) is 7. The van der Waals surface area contributed by atoms with Crippen LogP contribution in [0.25, 0.3) is 10.8 Å². The van der Waals surface area contributed by atoms with Crippen molar-refractivity contribution in [3.63, 3.8) is 0 Å². The number of nitrogens with two attached hydrogens (primary N) is 1. The Bertz CT molecular complexity index is 1390. The van der Waals surface area contributed by atoms with Gasteiger partial charge in [-0.3, -0.25) is 19.4 Å². The Morgan fingerprint density at radius 3 is 2.29 bits per heavy atom. The highest BCUT2D eigenvalue weighted by Crippen LogP contribution is 2.28. The van der Waals surface area contributed by atoms with Crippen LogP contribution in [0.4, 0.5) is 0 Å². The van der Waals surface area contributed by atoms with Crippen LogP contribution >= 0.6 is 11.6 Å². The van der Waals surface area contributed by atoms with E-state index in [2.05, 4.69) is 23.0 Å². The molecule has 0 atom stereocenters. The van der Waals surface area contributed by atoms with Crippen molar-refractivity contribution in [2.24, 2.45) is 5.73 Å². The highest BCUT2D eigenvalue weighted by atomic mass is 35.5. The third kappa shape index (κ3) is 9.17. The number of rotatable bonds is 12. The molecule has 222 valence electrons. The first-order chi connectivity index (χ1) is 20.3. The van der Waals surface area contributed by atoms with Gasteiger partial charge in [0.05, 0.1) is 5.02 Å². The number of carbonyl (C=O) groups excluding carboxylic acids is 2. The zero-order valence-corrected chi connectivity index (χ0v) is 24.4. The van der Waals surface area contributed by atoms with Crippen molar-refractivity contribution < 1.29 is 19.4 Å². The Labute approximate surface area is 251 Å². The minimum atomic E-state index is -0.563. The SMILES string of the molecule is C=CCN(CC=C)CCN1CCN(C(=O)COc2ccc(C=N)c3ccccc23)CC1.NC(=O)c1ccc(O)c(Cl)c1. The van der Waals surface area contributed by atoms with Crippen molar-refractivity contribution in [1.82, 2.24) is 14.7 Å². The van der Waals surface area contributed by atoms with E-state index in [4.69, 9.17) is 32.6 Å². The molecule has 1 aliphatic rings. The summed E-state index contributed by atoms with van der Waals surface area (Å²) in [6, 6.07) is 15.6. The van der Waals surface area contributed by atoms with E-state index in [0.717, 1.165) is 68.7 Å². The third-order valence-electron chi connectivity index (χ3n) is 6.89. The molecule has 1 aliphatic heterocycles. The van der Waals surface area contributed by atoms with Gasteiger partial charge in [0.25, 0.3) is 5.91 Å². The fourth-order valence-corrected chi connectivity index (χ4v) is 4.74. The number of primary amides is 1. The Hall–Kier alpha value is -4.18. The lowest BCUT2D eigenvalue weighted by molar-refractivity contribution is -0.135. The first-order valence-electron chi connectivity index (χ1n) is 13.6. The number of fused-ring (bicyclic) bond motifs is 1. The second-order valence-corrected chi connectivity index (χ2v) is 10.1. The lowest BCUT2D eigenvalue weighted by atomic mass is 10.0. The molecule has 3 aromatic carbocycles. The van der Waals surface area contributed by atoms with E-state index in [9.17, 15) is 9.59 Å². The molecule has 0 unspecified atom stereocenters. The Kier molecular flexibility index (Phi) is 12.6. The number of phenolic OH excluding ortho intramolecular Hbond substituents is 1. The van der Waals surface area contributed by atoms with E-state index in [1.54, 1.807) is 0 Å². The summed E-state index contributed by atoms with van der Waals surface area (Å²) >= 11 is 5.50. The van der Waals surface area contributed by atoms with E-state index in [1.165, 1.54) is 24.4 Å². The summed E-state index contributed by atoms with van der Waals surface area (Å²) in [7, 11) is 0. The van der Waals surface area contributed by atoms with Crippen LogP contribution in [0.15, 0.2) is 79.9 Å². The van der Waals surface area contributed by atoms with Crippen LogP contribution in [0.3, 0.4) is 0 Å². The molecule has 9 nitrogen and oxygen atoms in total. The summed E-state index contributed by atoms with van der Waals surface area (Å²) in [5.41, 5.74) is 6.08. The number of nitrogens with one attached hydrogen (secondary N) is 1. The maximum Gasteiger partial charge on any atom is 0.260 e. The number of ether oxygens (including phenoxy) is 1. The molecule has 42 heavy (non-hydrogen) atoms. The van der Waals surface area contributed by atoms with Crippen molar-refractivity contribution in [2.45, 2.75) is 0 Å². The molecule has 0 radical (unpaired) electrons. The average Bonchev–Trinajstić information content (AvgIpc) is 3.00. The second-order valence-electron chi connectivity index (χ2n) is 9.72. The van der Waals surface area contributed by atoms with Gasteiger partial charge in [-0.1, -0.05) is 48.0 Å². The Morgan fingerprint density at radius 2 is 1.69 bits per heavy atom. The van der Waals surface area contributed by atoms with E-state index in [0.29, 0.717) is 5.75 Å². The number of nitrogens with zero attached hydrogens (tertiary/aromatic N) is 3. The van der Waals surface area contributed by atoms with E-state index in [-0.39, 0.29) is 28.8 Å². The second kappa shape index (κ2) is 16.3. The molecule has 0 spiro atoms. The monoisotopic (exact) mass is 591 g/mol. The Morgan fingerprint density at radius 1 is 1.02 bits per heavy atom. The molecule has 0 saturated carbocycles. The number of hydrogen-bond donors (Lipinski definition) is 3. The van der Waals surface area contributed by atoms with Crippen molar-refractivity contribution in [3.8, 4) is 11.5 Å². The summed E-state index contributed by atoms with van der Waals surface area (Å²) in [5, 5.41) is 18.5. The summed E-state index contributed by atoms with van der Waals surface area (Å²) < 4.78 is 5.89. The highest BCUT2D eigenvalue weighted by molar-refractivity contribution is 6.32. The van der Waals surface area contributed by atoms with Crippen LogP contribution in [0.1, 0.15) is 15.9 Å². The number of piperazine rings is 1. The first kappa shape index (κ1) is 32.3. The van der Waals surface area contributed by atoms with Gasteiger partial charge in [-0.25, -0.2) is 0 Å². The predicted molar refractivity (Wildman–Crippen MR) is 169 cm³/mol. The zero-order valence-electron chi connectivity index (χ0n) is 23.7. The maximum absolute atomic E-state index is 12.7. The molecule has 10 heteroatoms. The van der Waals surface area contributed by atoms with E-state index >= 15 is 0 Å². The molecule has 1 saturated heterocycles. The lowest BCUT2D eigenvalue weighted by Gasteiger charge is -2.35. The normalized spacial score (nSPS) is 13.2. The summed E-state index contributed by atoms with van der Waals surface area (Å²) in [6.07, 6.45) is 5.18. The molecule has 0 aromatic heterocycles. The molecule has 1 heterocycles. The predicted octanol–water partition coefficient (Wildman–Crippen LogP) is 4.18. The molecule has 0 bridgehead atoms. The van der Waals surface area contributed by atoms with Gasteiger partial charge in [0.15, 0.2) is 6.61 Å². The largest absolute Gasteiger partial charge is 0.506 e. The van der Waals surface area contributed by atoms with Gasteiger partial charge in [0, 0.05) is 75.1 Å². The van der Waals surface area contributed by atoms with Gasteiger partial charge in [-0.15, -0.1) is 13.2 Å². The number of carbonyl (C=O) groups is 2. The molecular weight excluding hydrogens is 554 g/mol. The smallest absolute Gasteiger partial charge is 0.260 e. The molecule has 4 rings (SSSR count). The van der Waals surface area contributed by atoms with Crippen LogP contribution in [-0.4, -0.2) is 96.8 Å². The number of aromatic hydroxyl groups is 1. The number of amides is 2. The van der Waals surface area contributed by atoms with E-state index in [1.807, 2.05) is 53.5 Å². The molecular formula is C32H38ClN5O4. The summed E-state index contributed by atoms with van der Waals surface area (Å²) in [5.74, 6) is 0.0704. The minimum absolute atomic E-state index is 0.0137. The van der Waals surface area contributed by atoms with Gasteiger partial charge in [-0.05, 0) is 35.7 Å². The molecule has 4 N–H and O–H groups in total. The van der Waals surface area contributed by atoms with E-state index < -0.39 is 5.91 Å². The minimum Gasteiger partial charge on any atom is -0.506 e. The molecule has 3 aromatic rings. The molecule has 2 amide bonds. The molecule has 0 aliphatic carbocycles. The summed E-state index contributed by atoms with van der Waals surface area (Å²) in [6.45, 7) is 14.5. The van der Waals surface area contributed by atoms with Crippen LogP contribution in [0, 0.1) is 5.41 Å². The standard InChI is InChI=1S/C25H32N4O2.C7H6ClNO2/c1-3-11-27(12-4-2)13-14-28-15-17-29(18-16-28)25(30)20-31-24-10-9-21(19-26)22-7-5-6-8-23(22)24;8-5-3-4(7(9)11)1-2-6(5)10/h3-10,19,26H,1-2,11-18,20H2;1-3,10H,(H2,9,11). The zero-order chi connectivity index (χ0) is 30.5. The topological polar surface area (TPSA) is 123 Å². The van der Waals surface area contributed by atoms with Crippen molar-refractivity contribution >= 4 is 40.4 Å². The van der Waals surface area contributed by atoms with Crippen LogP contribution in [0.5, 0.6) is 11.5 Å². The lowest BCUT2D eigenvalue weighted by Crippen LogP contribution is -2.51. The number of phenols is 1. The molecule has 1 fully saturated rings. The fourth-order valence-electron chi connectivity index (χ4n) is 4.56. The average molecular weight is 592 g/mol. The fraction of sp³-hybridized carbons (Fsp3) is 0.281. The van der Waals surface area contributed by atoms with Crippen molar-refractivity contribution in [1.29, 1.82) is 5.41 Å². The van der Waals surface area contributed by atoms with Crippen molar-refractivity contribution in [3.05, 3.63) is 96.1 Å². The first-order valence-corrected chi connectivity index (χ1v) is 14.0. The van der Waals surface area contributed by atoms with Crippen LogP contribution < -0.4 is 10.5 Å². The van der Waals surface area contributed by atoms with Crippen molar-refractivity contribution in [2.75, 3.05) is 59.0 Å². The third-order valence-corrected chi connectivity index (χ3v) is 7.19. The van der Waals surface area contributed by atoms with Gasteiger partial charge < -0.3 is 25.9 Å². The number of benzene rings is 3. The quantitative estimate of drug-likeness (QED) is 0.214. The van der Waals surface area contributed by atoms with Gasteiger partial charge in [0.2, 0.25) is 5.91 Å². The van der Waals surface area contributed by atoms with Crippen LogP contribution in [0.2, 0.25) is 5.02 Å². The Balaban J connectivity index is 0.000000369. The van der Waals surface area contributed by atoms with Gasteiger partial charge in [-0.2, -0.15) is 0 Å². The maximum atomic E-state index is 12.7. The van der Waals surface area contributed by atoms with Crippen LogP contribution in [-0.2, 0) is 4.79 Å². The summed E-state index contributed by atoms with van der Waals surface area (Å²) in [4.78, 5) is 29.8.